The summed E-state index contributed by atoms with van der Waals surface area (Å²) in [5.41, 5.74) is -0.103. The van der Waals surface area contributed by atoms with Gasteiger partial charge in [0.2, 0.25) is 0 Å². The van der Waals surface area contributed by atoms with Crippen LogP contribution in [-0.4, -0.2) is 9.55 Å². The Balaban J connectivity index is 2.54. The molecule has 0 radical (unpaired) electrons. The van der Waals surface area contributed by atoms with Crippen LogP contribution < -0.4 is 11.2 Å². The fraction of sp³-hybridized carbons (Fsp3) is 0.636. The van der Waals surface area contributed by atoms with Crippen LogP contribution in [0.1, 0.15) is 38.3 Å². The summed E-state index contributed by atoms with van der Waals surface area (Å²) in [6.07, 6.45) is 2.46. The largest absolute Gasteiger partial charge is 0.329 e. The molecule has 1 saturated carbocycles. The summed E-state index contributed by atoms with van der Waals surface area (Å²) >= 11 is 5.83. The Labute approximate surface area is 98.3 Å². The molecule has 1 aromatic heterocycles. The van der Waals surface area contributed by atoms with E-state index in [1.165, 1.54) is 4.57 Å². The zero-order valence-corrected chi connectivity index (χ0v) is 10.2. The third kappa shape index (κ3) is 1.71. The van der Waals surface area contributed by atoms with Gasteiger partial charge in [-0.25, -0.2) is 4.79 Å². The quantitative estimate of drug-likeness (QED) is 0.821. The number of nitrogens with one attached hydrogen (secondary N) is 1. The summed E-state index contributed by atoms with van der Waals surface area (Å²) in [5, 5.41) is 0.183. The van der Waals surface area contributed by atoms with Gasteiger partial charge in [0.15, 0.2) is 0 Å². The van der Waals surface area contributed by atoms with Gasteiger partial charge in [-0.2, -0.15) is 0 Å². The van der Waals surface area contributed by atoms with Gasteiger partial charge in [0.05, 0.1) is 5.56 Å². The van der Waals surface area contributed by atoms with E-state index in [-0.39, 0.29) is 22.4 Å². The Hall–Kier alpha value is -1.03. The summed E-state index contributed by atoms with van der Waals surface area (Å²) in [5.74, 6) is 0.463. The van der Waals surface area contributed by atoms with Gasteiger partial charge in [-0.1, -0.05) is 31.9 Å². The van der Waals surface area contributed by atoms with E-state index in [9.17, 15) is 9.59 Å². The van der Waals surface area contributed by atoms with Crippen LogP contribution >= 0.6 is 11.6 Å². The van der Waals surface area contributed by atoms with Gasteiger partial charge >= 0.3 is 5.69 Å². The van der Waals surface area contributed by atoms with E-state index >= 15 is 0 Å². The molecule has 1 N–H and O–H groups in total. The molecule has 2 rings (SSSR count). The molecule has 1 aliphatic carbocycles. The third-order valence-corrected chi connectivity index (χ3v) is 3.59. The van der Waals surface area contributed by atoms with Crippen molar-refractivity contribution in [3.05, 3.63) is 31.6 Å². The minimum Gasteiger partial charge on any atom is -0.297 e. The molecule has 1 heterocycles. The molecule has 1 aromatic rings. The molecule has 2 unspecified atom stereocenters. The van der Waals surface area contributed by atoms with E-state index in [4.69, 9.17) is 11.6 Å². The molecule has 0 bridgehead atoms. The highest BCUT2D eigenvalue weighted by atomic mass is 35.5. The van der Waals surface area contributed by atoms with Gasteiger partial charge in [0.1, 0.15) is 5.15 Å². The zero-order chi connectivity index (χ0) is 11.9. The van der Waals surface area contributed by atoms with E-state index in [2.05, 4.69) is 11.9 Å². The van der Waals surface area contributed by atoms with E-state index < -0.39 is 0 Å². The molecule has 0 amide bonds. The maximum absolute atomic E-state index is 12.0. The number of nitrogens with zero attached hydrogens (tertiary/aromatic N) is 1. The van der Waals surface area contributed by atoms with Crippen LogP contribution in [0.4, 0.5) is 0 Å². The lowest BCUT2D eigenvalue weighted by Gasteiger charge is -2.06. The van der Waals surface area contributed by atoms with Gasteiger partial charge in [-0.15, -0.1) is 0 Å². The molecule has 0 aliphatic heterocycles. The van der Waals surface area contributed by atoms with Crippen LogP contribution in [0.2, 0.25) is 5.15 Å². The van der Waals surface area contributed by atoms with Crippen LogP contribution in [0, 0.1) is 5.92 Å². The minimum atomic E-state index is -0.381. The fourth-order valence-corrected chi connectivity index (χ4v) is 2.45. The normalized spacial score (nSPS) is 23.4. The lowest BCUT2D eigenvalue weighted by atomic mass is 10.2. The van der Waals surface area contributed by atoms with Gasteiger partial charge in [0.25, 0.3) is 5.56 Å². The second kappa shape index (κ2) is 4.09. The first-order valence-electron chi connectivity index (χ1n) is 5.63. The number of aromatic amines is 1. The van der Waals surface area contributed by atoms with Crippen molar-refractivity contribution in [2.45, 2.75) is 39.2 Å². The first kappa shape index (κ1) is 11.5. The molecule has 88 valence electrons. The van der Waals surface area contributed by atoms with Crippen LogP contribution in [0.3, 0.4) is 0 Å². The van der Waals surface area contributed by atoms with Crippen molar-refractivity contribution in [3.8, 4) is 0 Å². The van der Waals surface area contributed by atoms with Crippen molar-refractivity contribution in [2.24, 2.45) is 5.92 Å². The van der Waals surface area contributed by atoms with E-state index in [1.54, 1.807) is 0 Å². The Morgan fingerprint density at radius 1 is 1.44 bits per heavy atom. The Kier molecular flexibility index (Phi) is 2.93. The van der Waals surface area contributed by atoms with Gasteiger partial charge in [-0.3, -0.25) is 14.3 Å². The minimum absolute atomic E-state index is 0.0730. The molecule has 1 fully saturated rings. The zero-order valence-electron chi connectivity index (χ0n) is 9.42. The Bertz CT molecular complexity index is 518. The summed E-state index contributed by atoms with van der Waals surface area (Å²) in [4.78, 5) is 26.3. The molecular weight excluding hydrogens is 228 g/mol. The monoisotopic (exact) mass is 242 g/mol. The number of H-pyrrole nitrogens is 1. The highest BCUT2D eigenvalue weighted by Gasteiger charge is 2.39. The smallest absolute Gasteiger partial charge is 0.297 e. The average Bonchev–Trinajstić information content (AvgIpc) is 2.97. The summed E-state index contributed by atoms with van der Waals surface area (Å²) in [6.45, 7) is 3.93. The highest BCUT2D eigenvalue weighted by Crippen LogP contribution is 2.43. The lowest BCUT2D eigenvalue weighted by Crippen LogP contribution is -2.37. The predicted molar refractivity (Wildman–Crippen MR) is 63.1 cm³/mol. The predicted octanol–water partition coefficient (Wildman–Crippen LogP) is 1.72. The van der Waals surface area contributed by atoms with Crippen molar-refractivity contribution in [1.29, 1.82) is 0 Å². The van der Waals surface area contributed by atoms with E-state index in [0.29, 0.717) is 17.9 Å². The van der Waals surface area contributed by atoms with Gasteiger partial charge < -0.3 is 0 Å². The number of rotatable bonds is 3. The topological polar surface area (TPSA) is 54.9 Å². The maximum atomic E-state index is 12.0. The summed E-state index contributed by atoms with van der Waals surface area (Å²) in [7, 11) is 0. The SMILES string of the molecule is CCc1c(Cl)[nH]c(=O)n(C2CC2CC)c1=O. The van der Waals surface area contributed by atoms with Crippen molar-refractivity contribution in [2.75, 3.05) is 0 Å². The Morgan fingerprint density at radius 2 is 2.12 bits per heavy atom. The molecule has 0 aromatic carbocycles. The fourth-order valence-electron chi connectivity index (χ4n) is 2.16. The number of halogens is 1. The molecule has 1 aliphatic rings. The second-order valence-corrected chi connectivity index (χ2v) is 4.60. The van der Waals surface area contributed by atoms with E-state index in [1.807, 2.05) is 6.92 Å². The molecule has 0 spiro atoms. The van der Waals surface area contributed by atoms with Gasteiger partial charge in [0, 0.05) is 6.04 Å². The molecule has 0 saturated heterocycles. The molecule has 4 nitrogen and oxygen atoms in total. The molecule has 2 atom stereocenters. The van der Waals surface area contributed by atoms with Crippen LogP contribution in [0.25, 0.3) is 0 Å². The third-order valence-electron chi connectivity index (χ3n) is 3.27. The van der Waals surface area contributed by atoms with Crippen molar-refractivity contribution in [3.63, 3.8) is 0 Å². The molecular formula is C11H15ClN2O2. The first-order chi connectivity index (χ1) is 7.60. The van der Waals surface area contributed by atoms with Gasteiger partial charge in [-0.05, 0) is 18.8 Å². The standard InChI is InChI=1S/C11H15ClN2O2/c1-3-6-5-8(6)14-10(15)7(4-2)9(12)13-11(14)16/h6,8H,3-5H2,1-2H3,(H,13,16). The summed E-state index contributed by atoms with van der Waals surface area (Å²) < 4.78 is 1.33. The van der Waals surface area contributed by atoms with E-state index in [0.717, 1.165) is 12.8 Å². The number of hydrogen-bond donors (Lipinski definition) is 1. The van der Waals surface area contributed by atoms with Crippen LogP contribution in [-0.2, 0) is 6.42 Å². The Morgan fingerprint density at radius 3 is 2.62 bits per heavy atom. The maximum Gasteiger partial charge on any atom is 0.329 e. The van der Waals surface area contributed by atoms with Crippen molar-refractivity contribution >= 4 is 11.6 Å². The van der Waals surface area contributed by atoms with Crippen molar-refractivity contribution in [1.82, 2.24) is 9.55 Å². The average molecular weight is 243 g/mol. The van der Waals surface area contributed by atoms with Crippen molar-refractivity contribution < 1.29 is 0 Å². The molecule has 16 heavy (non-hydrogen) atoms. The number of hydrogen-bond acceptors (Lipinski definition) is 2. The number of aromatic nitrogens is 2. The summed E-state index contributed by atoms with van der Waals surface area (Å²) in [6, 6.07) is 0.0730. The first-order valence-corrected chi connectivity index (χ1v) is 6.01. The highest BCUT2D eigenvalue weighted by molar-refractivity contribution is 6.30. The molecule has 5 heteroatoms. The van der Waals surface area contributed by atoms with Crippen LogP contribution in [0.5, 0.6) is 0 Å². The van der Waals surface area contributed by atoms with Crippen LogP contribution in [0.15, 0.2) is 9.59 Å². The lowest BCUT2D eigenvalue weighted by molar-refractivity contribution is 0.585. The second-order valence-electron chi connectivity index (χ2n) is 4.22.